The van der Waals surface area contributed by atoms with Gasteiger partial charge in [-0.25, -0.2) is 5.84 Å². The normalized spacial score (nSPS) is 10.7. The Morgan fingerprint density at radius 1 is 1.50 bits per heavy atom. The maximum Gasteiger partial charge on any atom is 0.302 e. The summed E-state index contributed by atoms with van der Waals surface area (Å²) in [7, 11) is 0. The molecule has 0 aliphatic heterocycles. The number of hydrogen-bond acceptors (Lipinski definition) is 4. The van der Waals surface area contributed by atoms with Gasteiger partial charge in [0.15, 0.2) is 0 Å². The van der Waals surface area contributed by atoms with Crippen molar-refractivity contribution in [3.05, 3.63) is 0 Å². The molecule has 12 heavy (non-hydrogen) atoms. The Labute approximate surface area is 71.2 Å². The number of esters is 1. The van der Waals surface area contributed by atoms with Gasteiger partial charge in [0.25, 0.3) is 0 Å². The lowest BCUT2D eigenvalue weighted by Gasteiger charge is -2.20. The molecule has 0 aromatic rings. The van der Waals surface area contributed by atoms with E-state index in [1.54, 1.807) is 13.8 Å². The standard InChI is InChI=1S/C7H14N2O3/c1-5(10)12-4-7(2,3)6(11)9-8/h4,8H2,1-3H3,(H,9,11). The molecule has 0 fully saturated rings. The predicted octanol–water partition coefficient (Wildman–Crippen LogP) is -0.434. The van der Waals surface area contributed by atoms with Gasteiger partial charge >= 0.3 is 5.97 Å². The van der Waals surface area contributed by atoms with Crippen molar-refractivity contribution in [1.82, 2.24) is 5.43 Å². The summed E-state index contributed by atoms with van der Waals surface area (Å²) in [5.74, 6) is 4.16. The number of rotatable bonds is 3. The third-order valence-corrected chi connectivity index (χ3v) is 1.38. The van der Waals surface area contributed by atoms with Gasteiger partial charge in [-0.05, 0) is 13.8 Å². The molecule has 0 heterocycles. The monoisotopic (exact) mass is 174 g/mol. The molecule has 0 rings (SSSR count). The van der Waals surface area contributed by atoms with Crippen LogP contribution in [-0.4, -0.2) is 18.5 Å². The van der Waals surface area contributed by atoms with E-state index in [0.717, 1.165) is 0 Å². The fourth-order valence-corrected chi connectivity index (χ4v) is 0.543. The summed E-state index contributed by atoms with van der Waals surface area (Å²) in [5.41, 5.74) is 1.22. The van der Waals surface area contributed by atoms with Gasteiger partial charge in [0.1, 0.15) is 6.61 Å². The Morgan fingerprint density at radius 3 is 2.33 bits per heavy atom. The molecule has 0 saturated carbocycles. The number of carbonyl (C=O) groups excluding carboxylic acids is 2. The van der Waals surface area contributed by atoms with E-state index in [1.165, 1.54) is 6.92 Å². The summed E-state index contributed by atoms with van der Waals surface area (Å²) >= 11 is 0. The lowest BCUT2D eigenvalue weighted by molar-refractivity contribution is -0.147. The van der Waals surface area contributed by atoms with Crippen molar-refractivity contribution in [2.45, 2.75) is 20.8 Å². The molecular formula is C7H14N2O3. The fourth-order valence-electron chi connectivity index (χ4n) is 0.543. The molecule has 1 amide bonds. The van der Waals surface area contributed by atoms with E-state index in [0.29, 0.717) is 0 Å². The lowest BCUT2D eigenvalue weighted by Crippen LogP contribution is -2.43. The number of amides is 1. The van der Waals surface area contributed by atoms with Crippen LogP contribution in [0.25, 0.3) is 0 Å². The van der Waals surface area contributed by atoms with Crippen molar-refractivity contribution in [3.63, 3.8) is 0 Å². The molecule has 5 nitrogen and oxygen atoms in total. The van der Waals surface area contributed by atoms with Crippen LogP contribution >= 0.6 is 0 Å². The van der Waals surface area contributed by atoms with Gasteiger partial charge < -0.3 is 4.74 Å². The van der Waals surface area contributed by atoms with Crippen LogP contribution in [0.4, 0.5) is 0 Å². The molecule has 0 aromatic heterocycles. The van der Waals surface area contributed by atoms with E-state index < -0.39 is 11.4 Å². The van der Waals surface area contributed by atoms with E-state index in [9.17, 15) is 9.59 Å². The van der Waals surface area contributed by atoms with Gasteiger partial charge in [-0.3, -0.25) is 15.0 Å². The highest BCUT2D eigenvalue weighted by atomic mass is 16.5. The second-order valence-corrected chi connectivity index (χ2v) is 3.14. The van der Waals surface area contributed by atoms with Gasteiger partial charge in [0, 0.05) is 6.92 Å². The minimum Gasteiger partial charge on any atom is -0.465 e. The van der Waals surface area contributed by atoms with E-state index in [1.807, 2.05) is 5.43 Å². The first kappa shape index (κ1) is 10.9. The zero-order valence-electron chi connectivity index (χ0n) is 7.51. The molecular weight excluding hydrogens is 160 g/mol. The van der Waals surface area contributed by atoms with Crippen molar-refractivity contribution < 1.29 is 14.3 Å². The molecule has 3 N–H and O–H groups in total. The van der Waals surface area contributed by atoms with Crippen molar-refractivity contribution >= 4 is 11.9 Å². The number of nitrogens with two attached hydrogens (primary N) is 1. The first-order chi connectivity index (χ1) is 5.40. The Morgan fingerprint density at radius 2 is 2.00 bits per heavy atom. The van der Waals surface area contributed by atoms with Crippen molar-refractivity contribution in [3.8, 4) is 0 Å². The quantitative estimate of drug-likeness (QED) is 0.263. The van der Waals surface area contributed by atoms with E-state index in [4.69, 9.17) is 5.84 Å². The maximum atomic E-state index is 11.0. The molecule has 5 heteroatoms. The van der Waals surface area contributed by atoms with Crippen molar-refractivity contribution in [1.29, 1.82) is 0 Å². The predicted molar refractivity (Wildman–Crippen MR) is 42.7 cm³/mol. The molecule has 0 spiro atoms. The van der Waals surface area contributed by atoms with Gasteiger partial charge in [0.2, 0.25) is 5.91 Å². The lowest BCUT2D eigenvalue weighted by atomic mass is 9.94. The topological polar surface area (TPSA) is 81.4 Å². The van der Waals surface area contributed by atoms with Crippen LogP contribution in [0, 0.1) is 5.41 Å². The zero-order valence-corrected chi connectivity index (χ0v) is 7.51. The van der Waals surface area contributed by atoms with Gasteiger partial charge in [0.05, 0.1) is 5.41 Å². The van der Waals surface area contributed by atoms with E-state index in [-0.39, 0.29) is 12.5 Å². The highest BCUT2D eigenvalue weighted by Crippen LogP contribution is 2.14. The third kappa shape index (κ3) is 3.34. The smallest absolute Gasteiger partial charge is 0.302 e. The summed E-state index contributed by atoms with van der Waals surface area (Å²) in [6.45, 7) is 4.60. The SMILES string of the molecule is CC(=O)OCC(C)(C)C(=O)NN. The van der Waals surface area contributed by atoms with Gasteiger partial charge in [-0.15, -0.1) is 0 Å². The van der Waals surface area contributed by atoms with Gasteiger partial charge in [-0.1, -0.05) is 0 Å². The highest BCUT2D eigenvalue weighted by Gasteiger charge is 2.28. The van der Waals surface area contributed by atoms with Crippen LogP contribution in [0.3, 0.4) is 0 Å². The molecule has 0 atom stereocenters. The van der Waals surface area contributed by atoms with Gasteiger partial charge in [-0.2, -0.15) is 0 Å². The Kier molecular flexibility index (Phi) is 3.69. The Hall–Kier alpha value is -1.10. The minimum absolute atomic E-state index is 0.0331. The third-order valence-electron chi connectivity index (χ3n) is 1.38. The Balaban J connectivity index is 4.03. The summed E-state index contributed by atoms with van der Waals surface area (Å²) in [6, 6.07) is 0. The summed E-state index contributed by atoms with van der Waals surface area (Å²) < 4.78 is 4.67. The first-order valence-corrected chi connectivity index (χ1v) is 3.54. The van der Waals surface area contributed by atoms with E-state index >= 15 is 0 Å². The molecule has 0 aliphatic carbocycles. The Bertz CT molecular complexity index is 189. The number of hydrazine groups is 1. The van der Waals surface area contributed by atoms with Crippen LogP contribution in [0.15, 0.2) is 0 Å². The average molecular weight is 174 g/mol. The highest BCUT2D eigenvalue weighted by molar-refractivity contribution is 5.81. The number of carbonyl (C=O) groups is 2. The van der Waals surface area contributed by atoms with Crippen LogP contribution < -0.4 is 11.3 Å². The van der Waals surface area contributed by atoms with Crippen molar-refractivity contribution in [2.75, 3.05) is 6.61 Å². The van der Waals surface area contributed by atoms with E-state index in [2.05, 4.69) is 4.74 Å². The molecule has 0 aromatic carbocycles. The van der Waals surface area contributed by atoms with Crippen LogP contribution in [0.1, 0.15) is 20.8 Å². The largest absolute Gasteiger partial charge is 0.465 e. The summed E-state index contributed by atoms with van der Waals surface area (Å²) in [5, 5.41) is 0. The summed E-state index contributed by atoms with van der Waals surface area (Å²) in [4.78, 5) is 21.4. The second-order valence-electron chi connectivity index (χ2n) is 3.14. The fraction of sp³-hybridized carbons (Fsp3) is 0.714. The second kappa shape index (κ2) is 4.06. The average Bonchev–Trinajstić information content (AvgIpc) is 1.99. The van der Waals surface area contributed by atoms with Crippen LogP contribution in [-0.2, 0) is 14.3 Å². The molecule has 0 unspecified atom stereocenters. The number of nitrogens with one attached hydrogen (secondary N) is 1. The molecule has 0 bridgehead atoms. The number of hydrogen-bond donors (Lipinski definition) is 2. The number of ether oxygens (including phenoxy) is 1. The van der Waals surface area contributed by atoms with Crippen LogP contribution in [0.2, 0.25) is 0 Å². The molecule has 0 aliphatic rings. The van der Waals surface area contributed by atoms with Crippen LogP contribution in [0.5, 0.6) is 0 Å². The molecule has 0 radical (unpaired) electrons. The zero-order chi connectivity index (χ0) is 9.78. The van der Waals surface area contributed by atoms with Crippen molar-refractivity contribution in [2.24, 2.45) is 11.3 Å². The maximum absolute atomic E-state index is 11.0. The molecule has 0 saturated heterocycles. The minimum atomic E-state index is -0.777. The first-order valence-electron chi connectivity index (χ1n) is 3.54. The molecule has 70 valence electrons. The summed E-state index contributed by atoms with van der Waals surface area (Å²) in [6.07, 6.45) is 0.